The molecule has 0 saturated carbocycles. The average molecular weight is 498 g/mol. The van der Waals surface area contributed by atoms with Crippen LogP contribution in [0.5, 0.6) is 5.75 Å². The minimum Gasteiger partial charge on any atom is -0.493 e. The number of hydrogen-bond donors (Lipinski definition) is 4. The molecule has 2 fully saturated rings. The molecule has 3 rings (SSSR count). The Bertz CT molecular complexity index is 763. The predicted octanol–water partition coefficient (Wildman–Crippen LogP) is 2.24. The van der Waals surface area contributed by atoms with Gasteiger partial charge in [0.05, 0.1) is 25.7 Å². The molecule has 0 aliphatic carbocycles. The maximum Gasteiger partial charge on any atom is 0.227 e. The van der Waals surface area contributed by atoms with Gasteiger partial charge in [-0.05, 0) is 70.5 Å². The maximum atomic E-state index is 14.5. The molecule has 2 aliphatic heterocycles. The van der Waals surface area contributed by atoms with Crippen LogP contribution in [-0.4, -0.2) is 79.6 Å². The van der Waals surface area contributed by atoms with Gasteiger partial charge in [-0.15, -0.1) is 0 Å². The largest absolute Gasteiger partial charge is 0.493 e. The molecule has 2 aliphatic rings. The van der Waals surface area contributed by atoms with Crippen LogP contribution in [0.25, 0.3) is 0 Å². The number of carbonyl (C=O) groups excluding carboxylic acids is 1. The Labute approximate surface area is 207 Å². The summed E-state index contributed by atoms with van der Waals surface area (Å²) in [6.07, 6.45) is 5.63. The van der Waals surface area contributed by atoms with Gasteiger partial charge in [-0.3, -0.25) is 4.79 Å². The number of halogens is 2. The zero-order valence-electron chi connectivity index (χ0n) is 20.6. The van der Waals surface area contributed by atoms with Gasteiger partial charge in [0, 0.05) is 43.2 Å². The lowest BCUT2D eigenvalue weighted by atomic mass is 9.93. The molecule has 1 unspecified atom stereocenters. The molecule has 0 bridgehead atoms. The minimum atomic E-state index is -0.739. The summed E-state index contributed by atoms with van der Waals surface area (Å²) >= 11 is 0. The van der Waals surface area contributed by atoms with Crippen molar-refractivity contribution < 1.29 is 28.5 Å². The standard InChI is InChI=1S/C26H41F2N3O4/c27-24-12-22(35-11-3-4-19-6-9-29-10-7-19)13-25(28)23(24)14-26(34)31-16-20(17-31)15-30-8-2-1-5-21(33)18-32/h12-13,19-21,29-30,32-33H,1-11,14-18H2. The van der Waals surface area contributed by atoms with Crippen LogP contribution >= 0.6 is 0 Å². The number of likely N-dealkylation sites (tertiary alicyclic amines) is 1. The number of carbonyl (C=O) groups is 1. The smallest absolute Gasteiger partial charge is 0.227 e. The topological polar surface area (TPSA) is 94.1 Å². The highest BCUT2D eigenvalue weighted by Crippen LogP contribution is 2.24. The lowest BCUT2D eigenvalue weighted by molar-refractivity contribution is -0.136. The molecule has 1 atom stereocenters. The molecule has 9 heteroatoms. The highest BCUT2D eigenvalue weighted by Gasteiger charge is 2.31. The van der Waals surface area contributed by atoms with Crippen LogP contribution < -0.4 is 15.4 Å². The van der Waals surface area contributed by atoms with Gasteiger partial charge >= 0.3 is 0 Å². The molecule has 0 radical (unpaired) electrons. The fourth-order valence-corrected chi connectivity index (χ4v) is 4.76. The van der Waals surface area contributed by atoms with Gasteiger partial charge in [-0.25, -0.2) is 8.78 Å². The number of amides is 1. The predicted molar refractivity (Wildman–Crippen MR) is 130 cm³/mol. The van der Waals surface area contributed by atoms with Crippen molar-refractivity contribution in [2.45, 2.75) is 57.5 Å². The highest BCUT2D eigenvalue weighted by molar-refractivity contribution is 5.79. The normalized spacial score (nSPS) is 17.9. The van der Waals surface area contributed by atoms with Crippen LogP contribution in [0.2, 0.25) is 0 Å². The van der Waals surface area contributed by atoms with Crippen LogP contribution in [0.1, 0.15) is 50.5 Å². The monoisotopic (exact) mass is 497 g/mol. The van der Waals surface area contributed by atoms with Crippen molar-refractivity contribution in [2.24, 2.45) is 11.8 Å². The summed E-state index contributed by atoms with van der Waals surface area (Å²) in [5.41, 5.74) is -0.205. The molecule has 1 amide bonds. The summed E-state index contributed by atoms with van der Waals surface area (Å²) in [5, 5.41) is 24.8. The molecule has 1 aromatic carbocycles. The van der Waals surface area contributed by atoms with Crippen molar-refractivity contribution >= 4 is 5.91 Å². The minimum absolute atomic E-state index is 0.169. The number of rotatable bonds is 15. The summed E-state index contributed by atoms with van der Waals surface area (Å²) in [6, 6.07) is 2.36. The number of unbranched alkanes of at least 4 members (excludes halogenated alkanes) is 1. The van der Waals surface area contributed by atoms with Crippen molar-refractivity contribution in [2.75, 3.05) is 52.5 Å². The fraction of sp³-hybridized carbons (Fsp3) is 0.731. The Morgan fingerprint density at radius 3 is 2.54 bits per heavy atom. The molecular weight excluding hydrogens is 456 g/mol. The Balaban J connectivity index is 1.31. The first-order valence-corrected chi connectivity index (χ1v) is 13.0. The maximum absolute atomic E-state index is 14.5. The third-order valence-corrected chi connectivity index (χ3v) is 7.02. The Kier molecular flexibility index (Phi) is 11.6. The van der Waals surface area contributed by atoms with Crippen molar-refractivity contribution in [1.82, 2.24) is 15.5 Å². The number of aliphatic hydroxyl groups is 2. The van der Waals surface area contributed by atoms with Gasteiger partial charge in [0.15, 0.2) is 0 Å². The van der Waals surface area contributed by atoms with E-state index in [0.29, 0.717) is 38.0 Å². The molecule has 4 N–H and O–H groups in total. The Morgan fingerprint density at radius 1 is 1.14 bits per heavy atom. The van der Waals surface area contributed by atoms with Crippen molar-refractivity contribution in [3.05, 3.63) is 29.3 Å². The molecular formula is C26H41F2N3O4. The summed E-state index contributed by atoms with van der Waals surface area (Å²) < 4.78 is 34.6. The van der Waals surface area contributed by atoms with Gasteiger partial charge in [0.2, 0.25) is 5.91 Å². The third kappa shape index (κ3) is 9.29. The van der Waals surface area contributed by atoms with Crippen LogP contribution in [-0.2, 0) is 11.2 Å². The first-order valence-electron chi connectivity index (χ1n) is 13.0. The Hall–Kier alpha value is -1.81. The number of nitrogens with one attached hydrogen (secondary N) is 2. The van der Waals surface area contributed by atoms with Crippen LogP contribution in [0.4, 0.5) is 8.78 Å². The van der Waals surface area contributed by atoms with E-state index >= 15 is 0 Å². The SMILES string of the molecule is O=C(Cc1c(F)cc(OCCCC2CCNCC2)cc1F)N1CC(CNCCCCC(O)CO)C1. The van der Waals surface area contributed by atoms with E-state index in [0.717, 1.165) is 64.7 Å². The van der Waals surface area contributed by atoms with Gasteiger partial charge in [-0.2, -0.15) is 0 Å². The molecule has 0 spiro atoms. The number of piperidine rings is 1. The second-order valence-electron chi connectivity index (χ2n) is 9.93. The lowest BCUT2D eigenvalue weighted by Crippen LogP contribution is -2.53. The summed E-state index contributed by atoms with van der Waals surface area (Å²) in [7, 11) is 0. The third-order valence-electron chi connectivity index (χ3n) is 7.02. The van der Waals surface area contributed by atoms with Crippen molar-refractivity contribution in [1.29, 1.82) is 0 Å². The zero-order chi connectivity index (χ0) is 25.0. The van der Waals surface area contributed by atoms with E-state index in [9.17, 15) is 18.7 Å². The first kappa shape index (κ1) is 27.8. The van der Waals surface area contributed by atoms with E-state index in [1.54, 1.807) is 4.90 Å². The Morgan fingerprint density at radius 2 is 1.86 bits per heavy atom. The van der Waals surface area contributed by atoms with Crippen LogP contribution in [0.3, 0.4) is 0 Å². The summed E-state index contributed by atoms with van der Waals surface area (Å²) in [5.74, 6) is -0.558. The van der Waals surface area contributed by atoms with E-state index in [4.69, 9.17) is 9.84 Å². The molecule has 35 heavy (non-hydrogen) atoms. The molecule has 2 saturated heterocycles. The molecule has 2 heterocycles. The van der Waals surface area contributed by atoms with E-state index in [2.05, 4.69) is 10.6 Å². The van der Waals surface area contributed by atoms with Gasteiger partial charge in [0.1, 0.15) is 17.4 Å². The number of aliphatic hydroxyl groups excluding tert-OH is 2. The second kappa shape index (κ2) is 14.7. The first-order chi connectivity index (χ1) is 17.0. The zero-order valence-corrected chi connectivity index (χ0v) is 20.6. The highest BCUT2D eigenvalue weighted by atomic mass is 19.1. The summed E-state index contributed by atoms with van der Waals surface area (Å²) in [4.78, 5) is 14.1. The fourth-order valence-electron chi connectivity index (χ4n) is 4.76. The molecule has 1 aromatic rings. The van der Waals surface area contributed by atoms with Crippen LogP contribution in [0, 0.1) is 23.5 Å². The second-order valence-corrected chi connectivity index (χ2v) is 9.93. The van der Waals surface area contributed by atoms with Gasteiger partial charge in [-0.1, -0.05) is 0 Å². The average Bonchev–Trinajstić information content (AvgIpc) is 2.82. The quantitative estimate of drug-likeness (QED) is 0.278. The van der Waals surface area contributed by atoms with Gasteiger partial charge < -0.3 is 30.5 Å². The number of nitrogens with zero attached hydrogens (tertiary/aromatic N) is 1. The van der Waals surface area contributed by atoms with Crippen molar-refractivity contribution in [3.8, 4) is 5.75 Å². The summed E-state index contributed by atoms with van der Waals surface area (Å²) in [6.45, 7) is 5.07. The van der Waals surface area contributed by atoms with E-state index in [1.165, 1.54) is 12.1 Å². The van der Waals surface area contributed by atoms with E-state index < -0.39 is 17.7 Å². The lowest BCUT2D eigenvalue weighted by Gasteiger charge is -2.39. The van der Waals surface area contributed by atoms with Gasteiger partial charge in [0.25, 0.3) is 0 Å². The molecule has 0 aromatic heterocycles. The number of hydrogen-bond acceptors (Lipinski definition) is 6. The van der Waals surface area contributed by atoms with Crippen molar-refractivity contribution in [3.63, 3.8) is 0 Å². The number of benzene rings is 1. The van der Waals surface area contributed by atoms with Crippen LogP contribution in [0.15, 0.2) is 12.1 Å². The number of ether oxygens (including phenoxy) is 1. The molecule has 198 valence electrons. The van der Waals surface area contributed by atoms with E-state index in [-0.39, 0.29) is 30.2 Å². The van der Waals surface area contributed by atoms with E-state index in [1.807, 2.05) is 0 Å². The molecule has 7 nitrogen and oxygen atoms in total.